The van der Waals surface area contributed by atoms with Gasteiger partial charge < -0.3 is 14.6 Å². The minimum atomic E-state index is 0.618. The average Bonchev–Trinajstić information content (AvgIpc) is 2.70. The van der Waals surface area contributed by atoms with Crippen molar-refractivity contribution in [2.45, 2.75) is 20.4 Å². The Morgan fingerprint density at radius 1 is 1.33 bits per heavy atom. The summed E-state index contributed by atoms with van der Waals surface area (Å²) < 4.78 is 7.23. The molecular formula is C12H17N5O. The average molecular weight is 247 g/mol. The highest BCUT2D eigenvalue weighted by Crippen LogP contribution is 2.12. The molecule has 2 rings (SSSR count). The molecule has 0 bridgehead atoms. The molecule has 6 heteroatoms. The monoisotopic (exact) mass is 247 g/mol. The van der Waals surface area contributed by atoms with Gasteiger partial charge in [0.2, 0.25) is 5.88 Å². The van der Waals surface area contributed by atoms with Gasteiger partial charge in [-0.15, -0.1) is 10.2 Å². The molecule has 0 atom stereocenters. The number of nitrogens with zero attached hydrogens (tertiary/aromatic N) is 4. The second-order valence-electron chi connectivity index (χ2n) is 3.89. The smallest absolute Gasteiger partial charge is 0.213 e. The van der Waals surface area contributed by atoms with Crippen LogP contribution in [0.4, 0.5) is 5.69 Å². The fourth-order valence-electron chi connectivity index (χ4n) is 1.50. The third kappa shape index (κ3) is 2.77. The van der Waals surface area contributed by atoms with Gasteiger partial charge in [0.25, 0.3) is 0 Å². The standard InChI is InChI=1S/C12H17N5O/c1-4-18-12-6-5-10(7-14-12)13-8-11-16-15-9(2)17(11)3/h5-7,13H,4,8H2,1-3H3. The van der Waals surface area contributed by atoms with Crippen molar-refractivity contribution in [1.29, 1.82) is 0 Å². The summed E-state index contributed by atoms with van der Waals surface area (Å²) in [5.74, 6) is 2.43. The van der Waals surface area contributed by atoms with E-state index in [-0.39, 0.29) is 0 Å². The lowest BCUT2D eigenvalue weighted by molar-refractivity contribution is 0.327. The van der Waals surface area contributed by atoms with E-state index in [2.05, 4.69) is 20.5 Å². The van der Waals surface area contributed by atoms with Crippen LogP contribution in [0.3, 0.4) is 0 Å². The van der Waals surface area contributed by atoms with Crippen LogP contribution in [-0.2, 0) is 13.6 Å². The van der Waals surface area contributed by atoms with Crippen LogP contribution in [0.2, 0.25) is 0 Å². The summed E-state index contributed by atoms with van der Waals surface area (Å²) in [5, 5.41) is 11.3. The van der Waals surface area contributed by atoms with Gasteiger partial charge >= 0.3 is 0 Å². The van der Waals surface area contributed by atoms with Gasteiger partial charge in [0.1, 0.15) is 5.82 Å². The van der Waals surface area contributed by atoms with E-state index in [0.717, 1.165) is 17.3 Å². The van der Waals surface area contributed by atoms with Gasteiger partial charge in [-0.25, -0.2) is 4.98 Å². The number of pyridine rings is 1. The molecule has 0 saturated carbocycles. The maximum absolute atomic E-state index is 5.28. The first-order valence-corrected chi connectivity index (χ1v) is 5.88. The zero-order chi connectivity index (χ0) is 13.0. The number of anilines is 1. The Balaban J connectivity index is 1.96. The zero-order valence-corrected chi connectivity index (χ0v) is 10.8. The normalized spacial score (nSPS) is 10.4. The quantitative estimate of drug-likeness (QED) is 0.868. The van der Waals surface area contributed by atoms with Crippen LogP contribution in [-0.4, -0.2) is 26.4 Å². The minimum absolute atomic E-state index is 0.618. The predicted molar refractivity (Wildman–Crippen MR) is 68.5 cm³/mol. The summed E-state index contributed by atoms with van der Waals surface area (Å²) in [7, 11) is 1.95. The van der Waals surface area contributed by atoms with Crippen LogP contribution in [0.1, 0.15) is 18.6 Å². The summed E-state index contributed by atoms with van der Waals surface area (Å²) in [4.78, 5) is 4.18. The Kier molecular flexibility index (Phi) is 3.76. The molecule has 2 heterocycles. The summed E-state index contributed by atoms with van der Waals surface area (Å²) in [5.41, 5.74) is 0.930. The molecule has 2 aromatic heterocycles. The molecule has 0 aliphatic carbocycles. The highest BCUT2D eigenvalue weighted by molar-refractivity contribution is 5.42. The second kappa shape index (κ2) is 5.48. The summed E-state index contributed by atoms with van der Waals surface area (Å²) in [6, 6.07) is 3.77. The first-order chi connectivity index (χ1) is 8.70. The SMILES string of the molecule is CCOc1ccc(NCc2nnc(C)n2C)cn1. The summed E-state index contributed by atoms with van der Waals surface area (Å²) in [6.45, 7) is 5.10. The van der Waals surface area contributed by atoms with E-state index in [0.29, 0.717) is 19.0 Å². The lowest BCUT2D eigenvalue weighted by Crippen LogP contribution is -2.07. The van der Waals surface area contributed by atoms with Crippen LogP contribution in [0.5, 0.6) is 5.88 Å². The van der Waals surface area contributed by atoms with Crippen molar-refractivity contribution < 1.29 is 4.74 Å². The predicted octanol–water partition coefficient (Wildman–Crippen LogP) is 1.53. The fourth-order valence-corrected chi connectivity index (χ4v) is 1.50. The molecule has 0 aliphatic rings. The Labute approximate surface area is 106 Å². The molecule has 1 N–H and O–H groups in total. The molecule has 6 nitrogen and oxygen atoms in total. The topological polar surface area (TPSA) is 64.9 Å². The van der Waals surface area contributed by atoms with E-state index in [1.165, 1.54) is 0 Å². The molecule has 0 unspecified atom stereocenters. The lowest BCUT2D eigenvalue weighted by Gasteiger charge is -2.07. The van der Waals surface area contributed by atoms with Crippen molar-refractivity contribution in [2.75, 3.05) is 11.9 Å². The van der Waals surface area contributed by atoms with Crippen molar-refractivity contribution in [3.63, 3.8) is 0 Å². The van der Waals surface area contributed by atoms with E-state index in [1.54, 1.807) is 6.20 Å². The number of ether oxygens (including phenoxy) is 1. The maximum atomic E-state index is 5.28. The number of aryl methyl sites for hydroxylation is 1. The molecule has 0 radical (unpaired) electrons. The number of rotatable bonds is 5. The van der Waals surface area contributed by atoms with Crippen LogP contribution < -0.4 is 10.1 Å². The molecule has 2 aromatic rings. The van der Waals surface area contributed by atoms with Gasteiger partial charge in [-0.3, -0.25) is 0 Å². The number of aromatic nitrogens is 4. The summed E-state index contributed by atoms with van der Waals surface area (Å²) in [6.07, 6.45) is 1.74. The first-order valence-electron chi connectivity index (χ1n) is 5.88. The van der Waals surface area contributed by atoms with Crippen molar-refractivity contribution in [1.82, 2.24) is 19.7 Å². The maximum Gasteiger partial charge on any atom is 0.213 e. The van der Waals surface area contributed by atoms with Gasteiger partial charge in [0, 0.05) is 13.1 Å². The number of nitrogens with one attached hydrogen (secondary N) is 1. The molecule has 0 spiro atoms. The van der Waals surface area contributed by atoms with Crippen LogP contribution in [0, 0.1) is 6.92 Å². The van der Waals surface area contributed by atoms with Crippen LogP contribution in [0.15, 0.2) is 18.3 Å². The van der Waals surface area contributed by atoms with Crippen molar-refractivity contribution in [3.8, 4) is 5.88 Å². The van der Waals surface area contributed by atoms with Crippen molar-refractivity contribution >= 4 is 5.69 Å². The Bertz CT molecular complexity index is 506. The third-order valence-electron chi connectivity index (χ3n) is 2.66. The molecule has 0 saturated heterocycles. The van der Waals surface area contributed by atoms with Crippen LogP contribution >= 0.6 is 0 Å². The molecule has 0 amide bonds. The van der Waals surface area contributed by atoms with E-state index < -0.39 is 0 Å². The lowest BCUT2D eigenvalue weighted by atomic mass is 10.4. The molecular weight excluding hydrogens is 230 g/mol. The van der Waals surface area contributed by atoms with Gasteiger partial charge in [0.15, 0.2) is 5.82 Å². The van der Waals surface area contributed by atoms with Crippen LogP contribution in [0.25, 0.3) is 0 Å². The highest BCUT2D eigenvalue weighted by Gasteiger charge is 2.04. The highest BCUT2D eigenvalue weighted by atomic mass is 16.5. The van der Waals surface area contributed by atoms with E-state index in [9.17, 15) is 0 Å². The Morgan fingerprint density at radius 3 is 2.72 bits per heavy atom. The molecule has 18 heavy (non-hydrogen) atoms. The zero-order valence-electron chi connectivity index (χ0n) is 10.8. The number of hydrogen-bond acceptors (Lipinski definition) is 5. The van der Waals surface area contributed by atoms with Gasteiger partial charge in [-0.1, -0.05) is 0 Å². The third-order valence-corrected chi connectivity index (χ3v) is 2.66. The van der Waals surface area contributed by atoms with Crippen molar-refractivity contribution in [2.24, 2.45) is 7.05 Å². The van der Waals surface area contributed by atoms with E-state index >= 15 is 0 Å². The van der Waals surface area contributed by atoms with E-state index in [4.69, 9.17) is 4.74 Å². The Morgan fingerprint density at radius 2 is 2.17 bits per heavy atom. The largest absolute Gasteiger partial charge is 0.478 e. The van der Waals surface area contributed by atoms with E-state index in [1.807, 2.05) is 37.6 Å². The first kappa shape index (κ1) is 12.3. The molecule has 0 fully saturated rings. The minimum Gasteiger partial charge on any atom is -0.478 e. The molecule has 0 aromatic carbocycles. The van der Waals surface area contributed by atoms with Gasteiger partial charge in [0.05, 0.1) is 25.0 Å². The van der Waals surface area contributed by atoms with Crippen molar-refractivity contribution in [3.05, 3.63) is 30.0 Å². The van der Waals surface area contributed by atoms with Gasteiger partial charge in [-0.2, -0.15) is 0 Å². The second-order valence-corrected chi connectivity index (χ2v) is 3.89. The summed E-state index contributed by atoms with van der Waals surface area (Å²) >= 11 is 0. The van der Waals surface area contributed by atoms with Gasteiger partial charge in [-0.05, 0) is 19.9 Å². The number of hydrogen-bond donors (Lipinski definition) is 1. The molecule has 0 aliphatic heterocycles. The molecule has 96 valence electrons. The fraction of sp³-hybridized carbons (Fsp3) is 0.417. The Hall–Kier alpha value is -2.11.